The molecule has 0 aliphatic heterocycles. The van der Waals surface area contributed by atoms with Crippen LogP contribution in [0.5, 0.6) is 11.5 Å². The van der Waals surface area contributed by atoms with E-state index < -0.39 is 0 Å². The van der Waals surface area contributed by atoms with Crippen LogP contribution in [-0.4, -0.2) is 13.2 Å². The van der Waals surface area contributed by atoms with Crippen molar-refractivity contribution in [1.29, 1.82) is 0 Å². The molecule has 2 nitrogen and oxygen atoms in total. The molecule has 0 fully saturated rings. The molecule has 0 spiro atoms. The summed E-state index contributed by atoms with van der Waals surface area (Å²) < 4.78 is 11.5. The van der Waals surface area contributed by atoms with Gasteiger partial charge in [0.1, 0.15) is 11.5 Å². The summed E-state index contributed by atoms with van der Waals surface area (Å²) in [6, 6.07) is 16.4. The molecule has 2 aromatic carbocycles. The molecular formula is C20H26O2. The van der Waals surface area contributed by atoms with Gasteiger partial charge in [-0.05, 0) is 74.9 Å². The molecule has 2 aromatic rings. The Kier molecular flexibility index (Phi) is 6.82. The largest absolute Gasteiger partial charge is 0.494 e. The number of rotatable bonds is 9. The summed E-state index contributed by atoms with van der Waals surface area (Å²) in [4.78, 5) is 0. The molecule has 2 heteroatoms. The van der Waals surface area contributed by atoms with E-state index in [4.69, 9.17) is 9.47 Å². The van der Waals surface area contributed by atoms with Crippen LogP contribution in [-0.2, 0) is 0 Å². The Morgan fingerprint density at radius 3 is 1.50 bits per heavy atom. The van der Waals surface area contributed by atoms with Gasteiger partial charge in [0.2, 0.25) is 0 Å². The molecule has 0 atom stereocenters. The number of unbranched alkanes of at least 4 members (excludes halogenated alkanes) is 3. The van der Waals surface area contributed by atoms with Gasteiger partial charge in [-0.2, -0.15) is 0 Å². The number of hydrogen-bond donors (Lipinski definition) is 0. The van der Waals surface area contributed by atoms with Crippen molar-refractivity contribution in [2.24, 2.45) is 0 Å². The number of hydrogen-bond acceptors (Lipinski definition) is 2. The third-order valence-electron chi connectivity index (χ3n) is 3.56. The second-order valence-corrected chi connectivity index (χ2v) is 5.74. The van der Waals surface area contributed by atoms with Crippen LogP contribution >= 0.6 is 0 Å². The fourth-order valence-corrected chi connectivity index (χ4v) is 2.35. The van der Waals surface area contributed by atoms with Crippen molar-refractivity contribution in [2.75, 3.05) is 13.2 Å². The standard InChI is InChI=1S/C20H26O2/c1-17-9-7-11-19(15-17)21-13-5-3-4-6-14-22-20-12-8-10-18(2)16-20/h7-12,15-16H,3-6,13-14H2,1-2H3. The SMILES string of the molecule is Cc1cccc(OCCCCCCOc2cccc(C)c2)c1. The molecule has 0 saturated heterocycles. The molecule has 0 bridgehead atoms. The highest BCUT2D eigenvalue weighted by molar-refractivity contribution is 5.28. The van der Waals surface area contributed by atoms with Gasteiger partial charge in [0.15, 0.2) is 0 Å². The molecule has 118 valence electrons. The summed E-state index contributed by atoms with van der Waals surface area (Å²) in [6.45, 7) is 5.76. The van der Waals surface area contributed by atoms with E-state index in [1.807, 2.05) is 24.3 Å². The quantitative estimate of drug-likeness (QED) is 0.583. The summed E-state index contributed by atoms with van der Waals surface area (Å²) in [7, 11) is 0. The smallest absolute Gasteiger partial charge is 0.119 e. The normalized spacial score (nSPS) is 10.5. The van der Waals surface area contributed by atoms with Crippen LogP contribution in [0.4, 0.5) is 0 Å². The Hall–Kier alpha value is -1.96. The number of aryl methyl sites for hydroxylation is 2. The molecular weight excluding hydrogens is 272 g/mol. The molecule has 0 radical (unpaired) electrons. The molecule has 0 unspecified atom stereocenters. The maximum Gasteiger partial charge on any atom is 0.119 e. The molecule has 0 heterocycles. The average Bonchev–Trinajstić information content (AvgIpc) is 2.50. The zero-order valence-electron chi connectivity index (χ0n) is 13.7. The Balaban J connectivity index is 1.49. The highest BCUT2D eigenvalue weighted by Gasteiger charge is 1.96. The molecule has 22 heavy (non-hydrogen) atoms. The van der Waals surface area contributed by atoms with Gasteiger partial charge < -0.3 is 9.47 Å². The van der Waals surface area contributed by atoms with E-state index in [9.17, 15) is 0 Å². The summed E-state index contributed by atoms with van der Waals surface area (Å²) in [6.07, 6.45) is 4.56. The van der Waals surface area contributed by atoms with E-state index >= 15 is 0 Å². The first kappa shape index (κ1) is 16.4. The second-order valence-electron chi connectivity index (χ2n) is 5.74. The van der Waals surface area contributed by atoms with Crippen molar-refractivity contribution in [3.8, 4) is 11.5 Å². The van der Waals surface area contributed by atoms with Crippen molar-refractivity contribution in [1.82, 2.24) is 0 Å². The summed E-state index contributed by atoms with van der Waals surface area (Å²) in [5, 5.41) is 0. The molecule has 0 saturated carbocycles. The van der Waals surface area contributed by atoms with Crippen LogP contribution in [0.25, 0.3) is 0 Å². The van der Waals surface area contributed by atoms with Crippen molar-refractivity contribution >= 4 is 0 Å². The van der Waals surface area contributed by atoms with Crippen LogP contribution < -0.4 is 9.47 Å². The van der Waals surface area contributed by atoms with Crippen LogP contribution in [0.3, 0.4) is 0 Å². The number of ether oxygens (including phenoxy) is 2. The van der Waals surface area contributed by atoms with Crippen LogP contribution in [0, 0.1) is 13.8 Å². The monoisotopic (exact) mass is 298 g/mol. The first-order valence-electron chi connectivity index (χ1n) is 8.13. The van der Waals surface area contributed by atoms with Gasteiger partial charge >= 0.3 is 0 Å². The fourth-order valence-electron chi connectivity index (χ4n) is 2.35. The predicted molar refractivity (Wildman–Crippen MR) is 91.8 cm³/mol. The van der Waals surface area contributed by atoms with E-state index in [1.54, 1.807) is 0 Å². The van der Waals surface area contributed by atoms with Gasteiger partial charge in [0.25, 0.3) is 0 Å². The van der Waals surface area contributed by atoms with Crippen molar-refractivity contribution < 1.29 is 9.47 Å². The lowest BCUT2D eigenvalue weighted by Gasteiger charge is -2.08. The number of benzene rings is 2. The summed E-state index contributed by atoms with van der Waals surface area (Å²) in [5.74, 6) is 1.95. The molecule has 0 amide bonds. The summed E-state index contributed by atoms with van der Waals surface area (Å²) >= 11 is 0. The van der Waals surface area contributed by atoms with E-state index in [1.165, 1.54) is 24.0 Å². The lowest BCUT2D eigenvalue weighted by Crippen LogP contribution is -2.00. The zero-order valence-corrected chi connectivity index (χ0v) is 13.7. The Morgan fingerprint density at radius 2 is 1.09 bits per heavy atom. The predicted octanol–water partition coefficient (Wildman–Crippen LogP) is 5.32. The van der Waals surface area contributed by atoms with Gasteiger partial charge in [0.05, 0.1) is 13.2 Å². The average molecular weight is 298 g/mol. The molecule has 0 N–H and O–H groups in total. The van der Waals surface area contributed by atoms with E-state index in [0.717, 1.165) is 37.6 Å². The lowest BCUT2D eigenvalue weighted by molar-refractivity contribution is 0.287. The first-order valence-corrected chi connectivity index (χ1v) is 8.13. The highest BCUT2D eigenvalue weighted by atomic mass is 16.5. The Morgan fingerprint density at radius 1 is 0.636 bits per heavy atom. The molecule has 0 aliphatic carbocycles. The van der Waals surface area contributed by atoms with Crippen LogP contribution in [0.1, 0.15) is 36.8 Å². The minimum absolute atomic E-state index is 0.794. The Bertz CT molecular complexity index is 512. The van der Waals surface area contributed by atoms with Crippen LogP contribution in [0.15, 0.2) is 48.5 Å². The van der Waals surface area contributed by atoms with Crippen LogP contribution in [0.2, 0.25) is 0 Å². The molecule has 0 aromatic heterocycles. The van der Waals surface area contributed by atoms with Gasteiger partial charge in [-0.25, -0.2) is 0 Å². The van der Waals surface area contributed by atoms with Gasteiger partial charge in [-0.15, -0.1) is 0 Å². The molecule has 2 rings (SSSR count). The van der Waals surface area contributed by atoms with Gasteiger partial charge in [-0.1, -0.05) is 24.3 Å². The van der Waals surface area contributed by atoms with E-state index in [-0.39, 0.29) is 0 Å². The third kappa shape index (κ3) is 6.21. The van der Waals surface area contributed by atoms with Crippen molar-refractivity contribution in [3.05, 3.63) is 59.7 Å². The minimum Gasteiger partial charge on any atom is -0.494 e. The fraction of sp³-hybridized carbons (Fsp3) is 0.400. The second kappa shape index (κ2) is 9.14. The zero-order chi connectivity index (χ0) is 15.6. The van der Waals surface area contributed by atoms with Gasteiger partial charge in [-0.3, -0.25) is 0 Å². The van der Waals surface area contributed by atoms with Crippen molar-refractivity contribution in [3.63, 3.8) is 0 Å². The molecule has 0 aliphatic rings. The third-order valence-corrected chi connectivity index (χ3v) is 3.56. The van der Waals surface area contributed by atoms with Gasteiger partial charge in [0, 0.05) is 0 Å². The highest BCUT2D eigenvalue weighted by Crippen LogP contribution is 2.14. The topological polar surface area (TPSA) is 18.5 Å². The maximum absolute atomic E-state index is 5.74. The first-order chi connectivity index (χ1) is 10.7. The minimum atomic E-state index is 0.794. The van der Waals surface area contributed by atoms with E-state index in [0.29, 0.717) is 0 Å². The van der Waals surface area contributed by atoms with Crippen molar-refractivity contribution in [2.45, 2.75) is 39.5 Å². The van der Waals surface area contributed by atoms with E-state index in [2.05, 4.69) is 38.1 Å². The lowest BCUT2D eigenvalue weighted by atomic mass is 10.2. The maximum atomic E-state index is 5.74. The summed E-state index contributed by atoms with van der Waals surface area (Å²) in [5.41, 5.74) is 2.48. The Labute approximate surface area is 134 Å².